The van der Waals surface area contributed by atoms with Crippen molar-refractivity contribution in [2.75, 3.05) is 5.43 Å². The molecule has 0 aliphatic rings. The maximum atomic E-state index is 13.7. The molecule has 0 saturated carbocycles. The second kappa shape index (κ2) is 8.83. The van der Waals surface area contributed by atoms with Crippen molar-refractivity contribution in [2.24, 2.45) is 5.10 Å². The molecule has 132 valence electrons. The van der Waals surface area contributed by atoms with Gasteiger partial charge in [0.1, 0.15) is 18.2 Å². The summed E-state index contributed by atoms with van der Waals surface area (Å²) in [6.45, 7) is 0.0735. The zero-order valence-electron chi connectivity index (χ0n) is 13.6. The van der Waals surface area contributed by atoms with Crippen molar-refractivity contribution in [1.29, 1.82) is 0 Å². The minimum atomic E-state index is -0.375. The van der Waals surface area contributed by atoms with Crippen LogP contribution >= 0.6 is 27.5 Å². The van der Waals surface area contributed by atoms with Crippen molar-refractivity contribution in [3.8, 4) is 5.75 Å². The molecule has 0 aliphatic heterocycles. The molecule has 0 saturated heterocycles. The van der Waals surface area contributed by atoms with Gasteiger partial charge in [0.2, 0.25) is 0 Å². The smallest absolute Gasteiger partial charge is 0.131 e. The van der Waals surface area contributed by atoms with Gasteiger partial charge in [-0.1, -0.05) is 33.6 Å². The maximum Gasteiger partial charge on any atom is 0.131 e. The summed E-state index contributed by atoms with van der Waals surface area (Å²) >= 11 is 9.38. The molecular weight excluding hydrogens is 419 g/mol. The summed E-state index contributed by atoms with van der Waals surface area (Å²) in [4.78, 5) is 0. The highest BCUT2D eigenvalue weighted by molar-refractivity contribution is 9.10. The van der Waals surface area contributed by atoms with E-state index in [4.69, 9.17) is 16.3 Å². The first-order chi connectivity index (χ1) is 12.6. The molecule has 6 heteroatoms. The molecule has 0 aliphatic carbocycles. The molecule has 0 unspecified atom stereocenters. The van der Waals surface area contributed by atoms with Gasteiger partial charge in [-0.15, -0.1) is 0 Å². The minimum absolute atomic E-state index is 0.0735. The standard InChI is InChI=1S/C20H15BrClFN2O/c21-15-6-8-16(9-7-15)25-24-12-14-4-10-17(11-5-14)26-13-18-19(22)2-1-3-20(18)23/h1-12,25H,13H2/b24-12+. The van der Waals surface area contributed by atoms with Crippen molar-refractivity contribution >= 4 is 39.4 Å². The van der Waals surface area contributed by atoms with Crippen molar-refractivity contribution in [3.63, 3.8) is 0 Å². The summed E-state index contributed by atoms with van der Waals surface area (Å²) in [5.74, 6) is 0.252. The lowest BCUT2D eigenvalue weighted by molar-refractivity contribution is 0.300. The predicted molar refractivity (Wildman–Crippen MR) is 108 cm³/mol. The van der Waals surface area contributed by atoms with Gasteiger partial charge in [-0.05, 0) is 66.2 Å². The Morgan fingerprint density at radius 3 is 2.46 bits per heavy atom. The number of anilines is 1. The lowest BCUT2D eigenvalue weighted by atomic mass is 10.2. The van der Waals surface area contributed by atoms with Gasteiger partial charge in [-0.3, -0.25) is 5.43 Å². The topological polar surface area (TPSA) is 33.6 Å². The zero-order chi connectivity index (χ0) is 18.4. The van der Waals surface area contributed by atoms with E-state index in [-0.39, 0.29) is 12.4 Å². The molecule has 3 aromatic carbocycles. The molecule has 3 rings (SSSR count). The Morgan fingerprint density at radius 1 is 1.04 bits per heavy atom. The number of benzene rings is 3. The van der Waals surface area contributed by atoms with Crippen LogP contribution in [0.1, 0.15) is 11.1 Å². The van der Waals surface area contributed by atoms with Crippen LogP contribution in [0.5, 0.6) is 5.75 Å². The summed E-state index contributed by atoms with van der Waals surface area (Å²) in [5, 5.41) is 4.54. The van der Waals surface area contributed by atoms with Crippen molar-refractivity contribution < 1.29 is 9.13 Å². The predicted octanol–water partition coefficient (Wildman–Crippen LogP) is 6.27. The Morgan fingerprint density at radius 2 is 1.77 bits per heavy atom. The molecule has 3 nitrogen and oxygen atoms in total. The van der Waals surface area contributed by atoms with Crippen LogP contribution in [0.15, 0.2) is 76.3 Å². The number of hydrogen-bond acceptors (Lipinski definition) is 3. The van der Waals surface area contributed by atoms with E-state index in [1.165, 1.54) is 6.07 Å². The summed E-state index contributed by atoms with van der Waals surface area (Å²) in [6, 6.07) is 19.6. The van der Waals surface area contributed by atoms with Crippen LogP contribution in [-0.4, -0.2) is 6.21 Å². The van der Waals surface area contributed by atoms with E-state index in [1.807, 2.05) is 36.4 Å². The Balaban J connectivity index is 1.56. The third kappa shape index (κ3) is 5.07. The summed E-state index contributed by atoms with van der Waals surface area (Å²) in [5.41, 5.74) is 5.10. The Kier molecular flexibility index (Phi) is 6.26. The number of nitrogens with one attached hydrogen (secondary N) is 1. The molecule has 0 spiro atoms. The average molecular weight is 434 g/mol. The SMILES string of the molecule is Fc1cccc(Cl)c1COc1ccc(/C=N/Nc2ccc(Br)cc2)cc1. The van der Waals surface area contributed by atoms with Crippen molar-refractivity contribution in [2.45, 2.75) is 6.61 Å². The van der Waals surface area contributed by atoms with Gasteiger partial charge >= 0.3 is 0 Å². The molecule has 0 amide bonds. The van der Waals surface area contributed by atoms with Gasteiger partial charge in [-0.2, -0.15) is 5.10 Å². The molecule has 0 radical (unpaired) electrons. The molecule has 3 aromatic rings. The fraction of sp³-hybridized carbons (Fsp3) is 0.0500. The van der Waals surface area contributed by atoms with Gasteiger partial charge in [0.05, 0.1) is 16.9 Å². The number of hydrogen-bond donors (Lipinski definition) is 1. The minimum Gasteiger partial charge on any atom is -0.489 e. The van der Waals surface area contributed by atoms with E-state index in [9.17, 15) is 4.39 Å². The van der Waals surface area contributed by atoms with Gasteiger partial charge in [0.25, 0.3) is 0 Å². The van der Waals surface area contributed by atoms with Crippen LogP contribution < -0.4 is 10.2 Å². The van der Waals surface area contributed by atoms with E-state index in [0.717, 1.165) is 15.7 Å². The monoisotopic (exact) mass is 432 g/mol. The van der Waals surface area contributed by atoms with Gasteiger partial charge < -0.3 is 4.74 Å². The Bertz CT molecular complexity index is 878. The van der Waals surface area contributed by atoms with Crippen molar-refractivity contribution in [3.05, 3.63) is 93.2 Å². The van der Waals surface area contributed by atoms with Crippen LogP contribution in [0.2, 0.25) is 5.02 Å². The van der Waals surface area contributed by atoms with Gasteiger partial charge in [-0.25, -0.2) is 4.39 Å². The number of rotatable bonds is 6. The zero-order valence-corrected chi connectivity index (χ0v) is 16.0. The highest BCUT2D eigenvalue weighted by atomic mass is 79.9. The fourth-order valence-electron chi connectivity index (χ4n) is 2.18. The van der Waals surface area contributed by atoms with Gasteiger partial charge in [0, 0.05) is 10.0 Å². The molecule has 0 aromatic heterocycles. The second-order valence-electron chi connectivity index (χ2n) is 5.43. The van der Waals surface area contributed by atoms with Crippen LogP contribution in [0.25, 0.3) is 0 Å². The Hall–Kier alpha value is -2.37. The van der Waals surface area contributed by atoms with E-state index in [2.05, 4.69) is 26.5 Å². The number of ether oxygens (including phenoxy) is 1. The van der Waals surface area contributed by atoms with E-state index in [0.29, 0.717) is 16.3 Å². The van der Waals surface area contributed by atoms with Crippen LogP contribution in [0.4, 0.5) is 10.1 Å². The molecule has 0 bridgehead atoms. The van der Waals surface area contributed by atoms with Crippen LogP contribution in [-0.2, 0) is 6.61 Å². The van der Waals surface area contributed by atoms with E-state index in [1.54, 1.807) is 30.5 Å². The van der Waals surface area contributed by atoms with Crippen molar-refractivity contribution in [1.82, 2.24) is 0 Å². The summed E-state index contributed by atoms with van der Waals surface area (Å²) < 4.78 is 20.3. The normalized spacial score (nSPS) is 10.9. The molecule has 0 fully saturated rings. The first-order valence-corrected chi connectivity index (χ1v) is 8.99. The maximum absolute atomic E-state index is 13.7. The second-order valence-corrected chi connectivity index (χ2v) is 6.76. The van der Waals surface area contributed by atoms with Gasteiger partial charge in [0.15, 0.2) is 0 Å². The summed E-state index contributed by atoms with van der Waals surface area (Å²) in [7, 11) is 0. The number of hydrazone groups is 1. The van der Waals surface area contributed by atoms with E-state index < -0.39 is 0 Å². The first kappa shape index (κ1) is 18.4. The molecule has 0 atom stereocenters. The number of halogens is 3. The molecule has 26 heavy (non-hydrogen) atoms. The van der Waals surface area contributed by atoms with Crippen LogP contribution in [0, 0.1) is 5.82 Å². The van der Waals surface area contributed by atoms with Crippen LogP contribution in [0.3, 0.4) is 0 Å². The quantitative estimate of drug-likeness (QED) is 0.367. The number of nitrogens with zero attached hydrogens (tertiary/aromatic N) is 1. The first-order valence-electron chi connectivity index (χ1n) is 7.82. The lowest BCUT2D eigenvalue weighted by Gasteiger charge is -2.09. The largest absolute Gasteiger partial charge is 0.489 e. The van der Waals surface area contributed by atoms with E-state index >= 15 is 0 Å². The fourth-order valence-corrected chi connectivity index (χ4v) is 2.66. The highest BCUT2D eigenvalue weighted by Gasteiger charge is 2.07. The lowest BCUT2D eigenvalue weighted by Crippen LogP contribution is -1.99. The average Bonchev–Trinajstić information content (AvgIpc) is 2.64. The molecular formula is C20H15BrClFN2O. The third-order valence-corrected chi connectivity index (χ3v) is 4.46. The molecule has 0 heterocycles. The third-order valence-electron chi connectivity index (χ3n) is 3.58. The molecule has 1 N–H and O–H groups in total. The highest BCUT2D eigenvalue weighted by Crippen LogP contribution is 2.21. The Labute approximate surface area is 164 Å². The summed E-state index contributed by atoms with van der Waals surface area (Å²) in [6.07, 6.45) is 1.71.